The summed E-state index contributed by atoms with van der Waals surface area (Å²) in [5, 5.41) is 3.63. The van der Waals surface area contributed by atoms with E-state index < -0.39 is 0 Å². The quantitative estimate of drug-likeness (QED) is 0.846. The molecule has 1 aliphatic rings. The Morgan fingerprint density at radius 1 is 1.12 bits per heavy atom. The van der Waals surface area contributed by atoms with Crippen molar-refractivity contribution in [3.63, 3.8) is 0 Å². The molecule has 1 aromatic carbocycles. The van der Waals surface area contributed by atoms with Gasteiger partial charge >= 0.3 is 0 Å². The monoisotopic (exact) mass is 235 g/mol. The Hall–Kier alpha value is -0.630. The second-order valence-electron chi connectivity index (χ2n) is 4.81. The number of thioether (sulfide) groups is 1. The molecule has 1 saturated heterocycles. The van der Waals surface area contributed by atoms with Crippen molar-refractivity contribution in [2.75, 3.05) is 16.8 Å². The molecule has 2 rings (SSSR count). The predicted molar refractivity (Wildman–Crippen MR) is 74.5 cm³/mol. The summed E-state index contributed by atoms with van der Waals surface area (Å²) in [4.78, 5) is 0. The van der Waals surface area contributed by atoms with E-state index in [1.165, 1.54) is 35.6 Å². The summed E-state index contributed by atoms with van der Waals surface area (Å²) in [6.45, 7) is 4.47. The van der Waals surface area contributed by atoms with E-state index in [9.17, 15) is 0 Å². The van der Waals surface area contributed by atoms with Crippen molar-refractivity contribution >= 4 is 17.4 Å². The molecule has 1 heterocycles. The van der Waals surface area contributed by atoms with Gasteiger partial charge in [0.25, 0.3) is 0 Å². The van der Waals surface area contributed by atoms with Crippen LogP contribution in [0.3, 0.4) is 0 Å². The lowest BCUT2D eigenvalue weighted by Crippen LogP contribution is -2.24. The zero-order valence-corrected chi connectivity index (χ0v) is 11.0. The number of rotatable bonds is 3. The molecule has 16 heavy (non-hydrogen) atoms. The van der Waals surface area contributed by atoms with Crippen LogP contribution in [-0.2, 0) is 0 Å². The van der Waals surface area contributed by atoms with E-state index in [2.05, 4.69) is 55.2 Å². The Morgan fingerprint density at radius 3 is 2.31 bits per heavy atom. The van der Waals surface area contributed by atoms with Gasteiger partial charge in [0, 0.05) is 11.7 Å². The molecular formula is C14H21NS. The second-order valence-corrected chi connectivity index (χ2v) is 6.03. The molecule has 1 nitrogen and oxygen atoms in total. The largest absolute Gasteiger partial charge is 0.382 e. The fourth-order valence-corrected chi connectivity index (χ4v) is 3.15. The predicted octanol–water partition coefficient (Wildman–Crippen LogP) is 4.12. The Bertz CT molecular complexity index is 312. The Morgan fingerprint density at radius 2 is 1.75 bits per heavy atom. The molecular weight excluding hydrogens is 214 g/mol. The molecule has 0 bridgehead atoms. The smallest absolute Gasteiger partial charge is 0.0342 e. The highest BCUT2D eigenvalue weighted by Crippen LogP contribution is 2.22. The van der Waals surface area contributed by atoms with Crippen LogP contribution in [0.5, 0.6) is 0 Å². The SMILES string of the molecule is CC(C)c1ccc(NC2CCSCC2)cc1. The lowest BCUT2D eigenvalue weighted by Gasteiger charge is -2.23. The van der Waals surface area contributed by atoms with Crippen LogP contribution in [0.2, 0.25) is 0 Å². The third kappa shape index (κ3) is 3.18. The maximum atomic E-state index is 3.63. The van der Waals surface area contributed by atoms with E-state index in [4.69, 9.17) is 0 Å². The molecule has 0 atom stereocenters. The zero-order valence-electron chi connectivity index (χ0n) is 10.2. The van der Waals surface area contributed by atoms with Crippen molar-refractivity contribution in [3.8, 4) is 0 Å². The first kappa shape index (κ1) is 11.8. The van der Waals surface area contributed by atoms with Gasteiger partial charge in [-0.2, -0.15) is 11.8 Å². The molecule has 88 valence electrons. The first-order chi connectivity index (χ1) is 7.75. The van der Waals surface area contributed by atoms with E-state index in [0.29, 0.717) is 12.0 Å². The summed E-state index contributed by atoms with van der Waals surface area (Å²) < 4.78 is 0. The number of anilines is 1. The van der Waals surface area contributed by atoms with Gasteiger partial charge in [-0.3, -0.25) is 0 Å². The average molecular weight is 235 g/mol. The lowest BCUT2D eigenvalue weighted by atomic mass is 10.0. The van der Waals surface area contributed by atoms with Gasteiger partial charge in [0.05, 0.1) is 0 Å². The number of nitrogens with one attached hydrogen (secondary N) is 1. The maximum Gasteiger partial charge on any atom is 0.0342 e. The van der Waals surface area contributed by atoms with Crippen LogP contribution in [0.15, 0.2) is 24.3 Å². The fourth-order valence-electron chi connectivity index (χ4n) is 2.04. The molecule has 0 spiro atoms. The van der Waals surface area contributed by atoms with E-state index in [-0.39, 0.29) is 0 Å². The minimum Gasteiger partial charge on any atom is -0.382 e. The first-order valence-electron chi connectivity index (χ1n) is 6.20. The standard InChI is InChI=1S/C14H21NS/c1-11(2)12-3-5-13(6-4-12)15-14-7-9-16-10-8-14/h3-6,11,14-15H,7-10H2,1-2H3. The van der Waals surface area contributed by atoms with Crippen LogP contribution in [-0.4, -0.2) is 17.5 Å². The molecule has 0 saturated carbocycles. The Balaban J connectivity index is 1.93. The summed E-state index contributed by atoms with van der Waals surface area (Å²) in [6.07, 6.45) is 2.60. The fraction of sp³-hybridized carbons (Fsp3) is 0.571. The number of benzene rings is 1. The molecule has 0 unspecified atom stereocenters. The third-order valence-corrected chi connectivity index (χ3v) is 4.22. The normalized spacial score (nSPS) is 17.7. The summed E-state index contributed by atoms with van der Waals surface area (Å²) in [5.41, 5.74) is 2.70. The molecule has 0 aliphatic carbocycles. The molecule has 0 radical (unpaired) electrons. The van der Waals surface area contributed by atoms with Crippen LogP contribution >= 0.6 is 11.8 Å². The number of hydrogen-bond acceptors (Lipinski definition) is 2. The van der Waals surface area contributed by atoms with Crippen molar-refractivity contribution in [2.24, 2.45) is 0 Å². The molecule has 1 fully saturated rings. The average Bonchev–Trinajstić information content (AvgIpc) is 2.31. The first-order valence-corrected chi connectivity index (χ1v) is 7.35. The van der Waals surface area contributed by atoms with Gasteiger partial charge in [0.2, 0.25) is 0 Å². The summed E-state index contributed by atoms with van der Waals surface area (Å²) >= 11 is 2.08. The van der Waals surface area contributed by atoms with E-state index in [0.717, 1.165) is 0 Å². The topological polar surface area (TPSA) is 12.0 Å². The molecule has 0 amide bonds. The maximum absolute atomic E-state index is 3.63. The van der Waals surface area contributed by atoms with Gasteiger partial charge in [-0.1, -0.05) is 26.0 Å². The van der Waals surface area contributed by atoms with Crippen LogP contribution < -0.4 is 5.32 Å². The highest BCUT2D eigenvalue weighted by atomic mass is 32.2. The van der Waals surface area contributed by atoms with Crippen LogP contribution in [0, 0.1) is 0 Å². The molecule has 1 aliphatic heterocycles. The summed E-state index contributed by atoms with van der Waals surface area (Å²) in [6, 6.07) is 9.61. The Labute approximate surface area is 103 Å². The molecule has 0 aromatic heterocycles. The van der Waals surface area contributed by atoms with Gasteiger partial charge in [0.1, 0.15) is 0 Å². The van der Waals surface area contributed by atoms with Gasteiger partial charge in [-0.25, -0.2) is 0 Å². The van der Waals surface area contributed by atoms with Crippen molar-refractivity contribution in [2.45, 2.75) is 38.6 Å². The highest BCUT2D eigenvalue weighted by Gasteiger charge is 2.12. The molecule has 1 aromatic rings. The second kappa shape index (κ2) is 5.62. The zero-order chi connectivity index (χ0) is 11.4. The highest BCUT2D eigenvalue weighted by molar-refractivity contribution is 7.99. The van der Waals surface area contributed by atoms with Crippen molar-refractivity contribution in [1.29, 1.82) is 0 Å². The van der Waals surface area contributed by atoms with Crippen molar-refractivity contribution in [3.05, 3.63) is 29.8 Å². The van der Waals surface area contributed by atoms with Crippen LogP contribution in [0.1, 0.15) is 38.2 Å². The minimum atomic E-state index is 0.625. The van der Waals surface area contributed by atoms with E-state index >= 15 is 0 Å². The summed E-state index contributed by atoms with van der Waals surface area (Å²) in [5.74, 6) is 3.24. The minimum absolute atomic E-state index is 0.625. The van der Waals surface area contributed by atoms with Gasteiger partial charge in [-0.05, 0) is 48.0 Å². The van der Waals surface area contributed by atoms with Crippen LogP contribution in [0.25, 0.3) is 0 Å². The van der Waals surface area contributed by atoms with E-state index in [1.807, 2.05) is 0 Å². The van der Waals surface area contributed by atoms with Crippen LogP contribution in [0.4, 0.5) is 5.69 Å². The van der Waals surface area contributed by atoms with Crippen molar-refractivity contribution < 1.29 is 0 Å². The van der Waals surface area contributed by atoms with Gasteiger partial charge < -0.3 is 5.32 Å². The lowest BCUT2D eigenvalue weighted by molar-refractivity contribution is 0.667. The molecule has 2 heteroatoms. The molecule has 1 N–H and O–H groups in total. The van der Waals surface area contributed by atoms with E-state index in [1.54, 1.807) is 0 Å². The third-order valence-electron chi connectivity index (χ3n) is 3.17. The Kier molecular flexibility index (Phi) is 4.16. The number of hydrogen-bond donors (Lipinski definition) is 1. The van der Waals surface area contributed by atoms with Gasteiger partial charge in [0.15, 0.2) is 0 Å². The van der Waals surface area contributed by atoms with Crippen molar-refractivity contribution in [1.82, 2.24) is 0 Å². The summed E-state index contributed by atoms with van der Waals surface area (Å²) in [7, 11) is 0. The van der Waals surface area contributed by atoms with Gasteiger partial charge in [-0.15, -0.1) is 0 Å².